The van der Waals surface area contributed by atoms with Crippen molar-refractivity contribution in [2.45, 2.75) is 25.6 Å². The maximum atomic E-state index is 11.5. The molecule has 0 heterocycles. The molecule has 0 bridgehead atoms. The van der Waals surface area contributed by atoms with Gasteiger partial charge in [0.15, 0.2) is 0 Å². The Bertz CT molecular complexity index is 102. The summed E-state index contributed by atoms with van der Waals surface area (Å²) in [6, 6.07) is -0.183. The molecule has 1 atom stereocenters. The third-order valence-electron chi connectivity index (χ3n) is 1.26. The molecule has 0 aromatic heterocycles. The van der Waals surface area contributed by atoms with Gasteiger partial charge < -0.3 is 11.1 Å². The minimum absolute atomic E-state index is 0.183. The number of alkyl halides is 3. The van der Waals surface area contributed by atoms with Crippen LogP contribution in [0.1, 0.15) is 13.3 Å². The standard InChI is InChI=1S/C6H13F3N2/c1-2-5(10)3-11-4-6(7,8)9/h5,11H,2-4,10H2,1H3. The van der Waals surface area contributed by atoms with Crippen LogP contribution in [-0.4, -0.2) is 25.3 Å². The first kappa shape index (κ1) is 10.7. The maximum absolute atomic E-state index is 11.5. The van der Waals surface area contributed by atoms with Crippen LogP contribution in [0.4, 0.5) is 13.2 Å². The van der Waals surface area contributed by atoms with Gasteiger partial charge in [0.1, 0.15) is 0 Å². The molecule has 0 fully saturated rings. The molecule has 11 heavy (non-hydrogen) atoms. The average molecular weight is 170 g/mol. The quantitative estimate of drug-likeness (QED) is 0.657. The molecule has 68 valence electrons. The van der Waals surface area contributed by atoms with Crippen molar-refractivity contribution in [3.05, 3.63) is 0 Å². The van der Waals surface area contributed by atoms with Crippen LogP contribution < -0.4 is 11.1 Å². The third-order valence-corrected chi connectivity index (χ3v) is 1.26. The van der Waals surface area contributed by atoms with Crippen molar-refractivity contribution in [1.29, 1.82) is 0 Å². The number of hydrogen-bond donors (Lipinski definition) is 2. The first-order chi connectivity index (χ1) is 4.95. The third kappa shape index (κ3) is 7.61. The Morgan fingerprint density at radius 2 is 2.00 bits per heavy atom. The first-order valence-electron chi connectivity index (χ1n) is 3.48. The van der Waals surface area contributed by atoms with E-state index in [1.54, 1.807) is 0 Å². The lowest BCUT2D eigenvalue weighted by molar-refractivity contribution is -0.124. The zero-order valence-electron chi connectivity index (χ0n) is 6.41. The second-order valence-electron chi connectivity index (χ2n) is 2.41. The molecule has 5 heteroatoms. The highest BCUT2D eigenvalue weighted by molar-refractivity contribution is 4.63. The summed E-state index contributed by atoms with van der Waals surface area (Å²) >= 11 is 0. The van der Waals surface area contributed by atoms with Gasteiger partial charge in [-0.2, -0.15) is 13.2 Å². The lowest BCUT2D eigenvalue weighted by Crippen LogP contribution is -2.38. The van der Waals surface area contributed by atoms with Crippen LogP contribution in [-0.2, 0) is 0 Å². The van der Waals surface area contributed by atoms with Gasteiger partial charge in [0, 0.05) is 12.6 Å². The molecule has 0 aliphatic carbocycles. The van der Waals surface area contributed by atoms with Crippen molar-refractivity contribution in [1.82, 2.24) is 5.32 Å². The van der Waals surface area contributed by atoms with E-state index < -0.39 is 12.7 Å². The lowest BCUT2D eigenvalue weighted by atomic mass is 10.2. The molecule has 0 aliphatic heterocycles. The fourth-order valence-corrected chi connectivity index (χ4v) is 0.544. The molecule has 0 amide bonds. The fraction of sp³-hybridized carbons (Fsp3) is 1.00. The molecule has 3 N–H and O–H groups in total. The molecule has 0 aliphatic rings. The molecule has 0 aromatic rings. The highest BCUT2D eigenvalue weighted by Crippen LogP contribution is 2.11. The number of nitrogens with one attached hydrogen (secondary N) is 1. The molecule has 0 rings (SSSR count). The summed E-state index contributed by atoms with van der Waals surface area (Å²) in [6.07, 6.45) is -3.45. The summed E-state index contributed by atoms with van der Waals surface area (Å²) in [4.78, 5) is 0. The molecular formula is C6H13F3N2. The van der Waals surface area contributed by atoms with E-state index in [4.69, 9.17) is 5.73 Å². The van der Waals surface area contributed by atoms with Crippen molar-refractivity contribution < 1.29 is 13.2 Å². The van der Waals surface area contributed by atoms with Gasteiger partial charge in [-0.15, -0.1) is 0 Å². The topological polar surface area (TPSA) is 38.0 Å². The van der Waals surface area contributed by atoms with Gasteiger partial charge in [-0.05, 0) is 6.42 Å². The first-order valence-corrected chi connectivity index (χ1v) is 3.48. The van der Waals surface area contributed by atoms with Gasteiger partial charge in [-0.3, -0.25) is 0 Å². The minimum atomic E-state index is -4.13. The molecule has 0 saturated carbocycles. The molecular weight excluding hydrogens is 157 g/mol. The second-order valence-corrected chi connectivity index (χ2v) is 2.41. The van der Waals surface area contributed by atoms with Crippen LogP contribution in [0.25, 0.3) is 0 Å². The Morgan fingerprint density at radius 3 is 2.36 bits per heavy atom. The molecule has 0 radical (unpaired) electrons. The van der Waals surface area contributed by atoms with Gasteiger partial charge in [-0.25, -0.2) is 0 Å². The van der Waals surface area contributed by atoms with Crippen molar-refractivity contribution in [2.24, 2.45) is 5.73 Å². The van der Waals surface area contributed by atoms with Gasteiger partial charge >= 0.3 is 6.18 Å². The van der Waals surface area contributed by atoms with Crippen LogP contribution in [0.2, 0.25) is 0 Å². The highest BCUT2D eigenvalue weighted by atomic mass is 19.4. The van der Waals surface area contributed by atoms with E-state index >= 15 is 0 Å². The van der Waals surface area contributed by atoms with Gasteiger partial charge in [0.25, 0.3) is 0 Å². The Balaban J connectivity index is 3.28. The maximum Gasteiger partial charge on any atom is 0.401 e. The molecule has 2 nitrogen and oxygen atoms in total. The van der Waals surface area contributed by atoms with E-state index in [9.17, 15) is 13.2 Å². The van der Waals surface area contributed by atoms with Gasteiger partial charge in [0.05, 0.1) is 6.54 Å². The number of nitrogens with two attached hydrogens (primary N) is 1. The Hall–Kier alpha value is -0.290. The van der Waals surface area contributed by atoms with E-state index in [0.29, 0.717) is 6.42 Å². The van der Waals surface area contributed by atoms with Crippen LogP contribution in [0, 0.1) is 0 Å². The summed E-state index contributed by atoms with van der Waals surface area (Å²) in [7, 11) is 0. The Morgan fingerprint density at radius 1 is 1.45 bits per heavy atom. The van der Waals surface area contributed by atoms with E-state index in [1.807, 2.05) is 6.92 Å². The van der Waals surface area contributed by atoms with E-state index in [-0.39, 0.29) is 12.6 Å². The zero-order valence-corrected chi connectivity index (χ0v) is 6.41. The van der Waals surface area contributed by atoms with E-state index in [1.165, 1.54) is 0 Å². The molecule has 0 saturated heterocycles. The van der Waals surface area contributed by atoms with Crippen LogP contribution in [0.3, 0.4) is 0 Å². The van der Waals surface area contributed by atoms with E-state index in [2.05, 4.69) is 5.32 Å². The van der Waals surface area contributed by atoms with Crippen molar-refractivity contribution in [3.63, 3.8) is 0 Å². The predicted molar refractivity (Wildman–Crippen MR) is 37.2 cm³/mol. The van der Waals surface area contributed by atoms with Crippen molar-refractivity contribution >= 4 is 0 Å². The van der Waals surface area contributed by atoms with Crippen LogP contribution in [0.15, 0.2) is 0 Å². The molecule has 1 unspecified atom stereocenters. The summed E-state index contributed by atoms with van der Waals surface area (Å²) < 4.78 is 34.5. The van der Waals surface area contributed by atoms with Crippen LogP contribution >= 0.6 is 0 Å². The summed E-state index contributed by atoms with van der Waals surface area (Å²) in [6.45, 7) is 1.09. The second kappa shape index (κ2) is 4.56. The fourth-order valence-electron chi connectivity index (χ4n) is 0.544. The normalized spacial score (nSPS) is 15.0. The Labute approximate surface area is 64.0 Å². The smallest absolute Gasteiger partial charge is 0.327 e. The number of rotatable bonds is 4. The highest BCUT2D eigenvalue weighted by Gasteiger charge is 2.26. The number of hydrogen-bond acceptors (Lipinski definition) is 2. The average Bonchev–Trinajstić information content (AvgIpc) is 1.85. The lowest BCUT2D eigenvalue weighted by Gasteiger charge is -2.11. The Kier molecular flexibility index (Phi) is 4.44. The van der Waals surface area contributed by atoms with E-state index in [0.717, 1.165) is 0 Å². The monoisotopic (exact) mass is 170 g/mol. The van der Waals surface area contributed by atoms with Crippen molar-refractivity contribution in [3.8, 4) is 0 Å². The molecule has 0 aromatic carbocycles. The summed E-state index contributed by atoms with van der Waals surface area (Å²) in [5.41, 5.74) is 5.37. The number of halogens is 3. The zero-order chi connectivity index (χ0) is 8.91. The minimum Gasteiger partial charge on any atom is -0.327 e. The predicted octanol–water partition coefficient (Wildman–Crippen LogP) is 0.876. The van der Waals surface area contributed by atoms with Crippen molar-refractivity contribution in [2.75, 3.05) is 13.1 Å². The summed E-state index contributed by atoms with van der Waals surface area (Å²) in [5, 5.41) is 2.23. The molecule has 0 spiro atoms. The van der Waals surface area contributed by atoms with Gasteiger partial charge in [0.2, 0.25) is 0 Å². The van der Waals surface area contributed by atoms with Gasteiger partial charge in [-0.1, -0.05) is 6.92 Å². The largest absolute Gasteiger partial charge is 0.401 e. The SMILES string of the molecule is CCC(N)CNCC(F)(F)F. The van der Waals surface area contributed by atoms with Crippen LogP contribution in [0.5, 0.6) is 0 Å². The summed E-state index contributed by atoms with van der Waals surface area (Å²) in [5.74, 6) is 0.